The molecule has 0 saturated carbocycles. The Balaban J connectivity index is 1.66. The molecule has 2 heterocycles. The molecule has 2 N–H and O–H groups in total. The number of nitro benzene ring substituents is 1. The van der Waals surface area contributed by atoms with Crippen LogP contribution in [0.1, 0.15) is 5.89 Å². The van der Waals surface area contributed by atoms with Crippen molar-refractivity contribution in [3.63, 3.8) is 0 Å². The van der Waals surface area contributed by atoms with Crippen molar-refractivity contribution in [2.75, 3.05) is 5.73 Å². The molecule has 22 heavy (non-hydrogen) atoms. The molecule has 1 aromatic carbocycles. The molecule has 0 aliphatic rings. The second kappa shape index (κ2) is 5.47. The average Bonchev–Trinajstić information content (AvgIpc) is 3.14. The van der Waals surface area contributed by atoms with Gasteiger partial charge in [-0.2, -0.15) is 4.98 Å². The Kier molecular flexibility index (Phi) is 3.35. The van der Waals surface area contributed by atoms with Crippen molar-refractivity contribution >= 4 is 11.5 Å². The molecule has 0 bridgehead atoms. The Labute approximate surface area is 121 Å². The molecule has 0 fully saturated rings. The molecule has 11 heteroatoms. The zero-order chi connectivity index (χ0) is 15.5. The standard InChI is InChI=1S/C11H8N6O5/c12-10-9(14-22-15-10)11-13-8(21-16-11)5-20-7-3-1-6(2-4-7)17(18)19/h1-4H,5H2,(H2,12,15). The summed E-state index contributed by atoms with van der Waals surface area (Å²) in [7, 11) is 0. The third kappa shape index (κ3) is 2.67. The number of nitrogens with two attached hydrogens (primary N) is 1. The minimum atomic E-state index is -0.496. The molecular formula is C11H8N6O5. The van der Waals surface area contributed by atoms with E-state index in [0.29, 0.717) is 5.75 Å². The third-order valence-electron chi connectivity index (χ3n) is 2.60. The van der Waals surface area contributed by atoms with Gasteiger partial charge >= 0.3 is 0 Å². The van der Waals surface area contributed by atoms with Gasteiger partial charge in [0.25, 0.3) is 11.6 Å². The van der Waals surface area contributed by atoms with Crippen LogP contribution in [0.2, 0.25) is 0 Å². The molecule has 3 aromatic rings. The van der Waals surface area contributed by atoms with Crippen LogP contribution < -0.4 is 10.5 Å². The summed E-state index contributed by atoms with van der Waals surface area (Å²) in [5, 5.41) is 21.2. The predicted molar refractivity (Wildman–Crippen MR) is 69.4 cm³/mol. The number of ether oxygens (including phenoxy) is 1. The second-order valence-corrected chi connectivity index (χ2v) is 4.05. The molecule has 0 spiro atoms. The van der Waals surface area contributed by atoms with Gasteiger partial charge in [0.15, 0.2) is 18.1 Å². The number of aromatic nitrogens is 4. The maximum Gasteiger partial charge on any atom is 0.269 e. The molecule has 0 atom stereocenters. The molecule has 112 valence electrons. The Morgan fingerprint density at radius 2 is 2.00 bits per heavy atom. The highest BCUT2D eigenvalue weighted by atomic mass is 16.6. The first-order valence-electron chi connectivity index (χ1n) is 5.92. The van der Waals surface area contributed by atoms with E-state index in [1.165, 1.54) is 24.3 Å². The highest BCUT2D eigenvalue weighted by Gasteiger charge is 2.16. The topological polar surface area (TPSA) is 156 Å². The van der Waals surface area contributed by atoms with Crippen molar-refractivity contribution in [2.45, 2.75) is 6.61 Å². The molecular weight excluding hydrogens is 296 g/mol. The van der Waals surface area contributed by atoms with Crippen molar-refractivity contribution in [2.24, 2.45) is 0 Å². The number of non-ortho nitro benzene ring substituents is 1. The van der Waals surface area contributed by atoms with Crippen LogP contribution in [0.5, 0.6) is 5.75 Å². The maximum atomic E-state index is 10.5. The largest absolute Gasteiger partial charge is 0.484 e. The lowest BCUT2D eigenvalue weighted by Gasteiger charge is -2.01. The number of nitrogens with zero attached hydrogens (tertiary/aromatic N) is 5. The number of hydrogen-bond acceptors (Lipinski definition) is 10. The maximum absolute atomic E-state index is 10.5. The molecule has 0 amide bonds. The van der Waals surface area contributed by atoms with Crippen molar-refractivity contribution < 1.29 is 18.8 Å². The number of nitrogen functional groups attached to an aromatic ring is 1. The molecule has 0 saturated heterocycles. The summed E-state index contributed by atoms with van der Waals surface area (Å²) in [6.07, 6.45) is 0. The molecule has 0 radical (unpaired) electrons. The summed E-state index contributed by atoms with van der Waals surface area (Å²) in [6, 6.07) is 5.59. The van der Waals surface area contributed by atoms with Crippen LogP contribution in [-0.2, 0) is 6.61 Å². The first-order valence-corrected chi connectivity index (χ1v) is 5.92. The smallest absolute Gasteiger partial charge is 0.269 e. The quantitative estimate of drug-likeness (QED) is 0.536. The summed E-state index contributed by atoms with van der Waals surface area (Å²) >= 11 is 0. The van der Waals surface area contributed by atoms with Crippen LogP contribution >= 0.6 is 0 Å². The summed E-state index contributed by atoms with van der Waals surface area (Å²) in [5.74, 6) is 0.772. The lowest BCUT2D eigenvalue weighted by molar-refractivity contribution is -0.384. The van der Waals surface area contributed by atoms with Gasteiger partial charge in [0.2, 0.25) is 5.82 Å². The van der Waals surface area contributed by atoms with Gasteiger partial charge in [-0.25, -0.2) is 4.63 Å². The summed E-state index contributed by atoms with van der Waals surface area (Å²) < 4.78 is 14.8. The van der Waals surface area contributed by atoms with Crippen LogP contribution in [0.3, 0.4) is 0 Å². The fourth-order valence-corrected chi connectivity index (χ4v) is 1.57. The van der Waals surface area contributed by atoms with Crippen molar-refractivity contribution in [3.05, 3.63) is 40.3 Å². The Bertz CT molecular complexity index is 795. The highest BCUT2D eigenvalue weighted by Crippen LogP contribution is 2.20. The number of nitro groups is 1. The fourth-order valence-electron chi connectivity index (χ4n) is 1.57. The lowest BCUT2D eigenvalue weighted by Crippen LogP contribution is -1.96. The predicted octanol–water partition coefficient (Wildman–Crippen LogP) is 1.19. The van der Waals surface area contributed by atoms with Gasteiger partial charge in [-0.05, 0) is 22.4 Å². The molecule has 2 aromatic heterocycles. The minimum Gasteiger partial charge on any atom is -0.484 e. The normalized spacial score (nSPS) is 10.5. The van der Waals surface area contributed by atoms with E-state index in [2.05, 4.69) is 25.1 Å². The van der Waals surface area contributed by atoms with Crippen LogP contribution in [-0.4, -0.2) is 25.4 Å². The molecule has 3 rings (SSSR count). The van der Waals surface area contributed by atoms with Gasteiger partial charge in [0, 0.05) is 12.1 Å². The minimum absolute atomic E-state index is 0.0179. The number of hydrogen-bond donors (Lipinski definition) is 1. The highest BCUT2D eigenvalue weighted by molar-refractivity contribution is 5.61. The van der Waals surface area contributed by atoms with Crippen LogP contribution in [0.4, 0.5) is 11.5 Å². The van der Waals surface area contributed by atoms with E-state index >= 15 is 0 Å². The van der Waals surface area contributed by atoms with Gasteiger partial charge in [-0.3, -0.25) is 10.1 Å². The SMILES string of the molecule is Nc1nonc1-c1noc(COc2ccc([N+](=O)[O-])cc2)n1. The van der Waals surface area contributed by atoms with E-state index in [-0.39, 0.29) is 35.5 Å². The average molecular weight is 304 g/mol. The van der Waals surface area contributed by atoms with Gasteiger partial charge < -0.3 is 15.0 Å². The Hall–Kier alpha value is -3.50. The van der Waals surface area contributed by atoms with Gasteiger partial charge in [0.05, 0.1) is 4.92 Å². The van der Waals surface area contributed by atoms with E-state index in [1.807, 2.05) is 0 Å². The summed E-state index contributed by atoms with van der Waals surface area (Å²) in [6.45, 7) is -0.0179. The molecule has 11 nitrogen and oxygen atoms in total. The summed E-state index contributed by atoms with van der Waals surface area (Å²) in [4.78, 5) is 14.1. The lowest BCUT2D eigenvalue weighted by atomic mass is 10.3. The van der Waals surface area contributed by atoms with Crippen LogP contribution in [0.25, 0.3) is 11.5 Å². The fraction of sp³-hybridized carbons (Fsp3) is 0.0909. The van der Waals surface area contributed by atoms with E-state index in [4.69, 9.17) is 15.0 Å². The van der Waals surface area contributed by atoms with Gasteiger partial charge in [-0.1, -0.05) is 5.16 Å². The first kappa shape index (κ1) is 13.5. The molecule has 0 aliphatic heterocycles. The van der Waals surface area contributed by atoms with Crippen LogP contribution in [0, 0.1) is 10.1 Å². The van der Waals surface area contributed by atoms with Gasteiger partial charge in [-0.15, -0.1) is 0 Å². The monoisotopic (exact) mass is 304 g/mol. The van der Waals surface area contributed by atoms with Crippen LogP contribution in [0.15, 0.2) is 33.4 Å². The molecule has 0 aliphatic carbocycles. The van der Waals surface area contributed by atoms with Crippen molar-refractivity contribution in [1.82, 2.24) is 20.5 Å². The third-order valence-corrected chi connectivity index (χ3v) is 2.60. The zero-order valence-electron chi connectivity index (χ0n) is 10.9. The second-order valence-electron chi connectivity index (χ2n) is 4.05. The first-order chi connectivity index (χ1) is 10.6. The van der Waals surface area contributed by atoms with Gasteiger partial charge in [0.1, 0.15) is 5.75 Å². The summed E-state index contributed by atoms with van der Waals surface area (Å²) in [5.41, 5.74) is 5.66. The number of rotatable bonds is 5. The van der Waals surface area contributed by atoms with E-state index in [0.717, 1.165) is 0 Å². The van der Waals surface area contributed by atoms with E-state index < -0.39 is 4.92 Å². The Morgan fingerprint density at radius 1 is 1.23 bits per heavy atom. The Morgan fingerprint density at radius 3 is 2.64 bits per heavy atom. The zero-order valence-corrected chi connectivity index (χ0v) is 10.9. The van der Waals surface area contributed by atoms with Crippen molar-refractivity contribution in [3.8, 4) is 17.3 Å². The number of anilines is 1. The number of benzene rings is 1. The molecule has 0 unspecified atom stereocenters. The van der Waals surface area contributed by atoms with E-state index in [9.17, 15) is 10.1 Å². The van der Waals surface area contributed by atoms with Crippen molar-refractivity contribution in [1.29, 1.82) is 0 Å². The van der Waals surface area contributed by atoms with E-state index in [1.54, 1.807) is 0 Å².